The average Bonchev–Trinajstić information content (AvgIpc) is 2.24. The molecule has 0 radical (unpaired) electrons. The summed E-state index contributed by atoms with van der Waals surface area (Å²) in [6.07, 6.45) is 0. The van der Waals surface area contributed by atoms with Gasteiger partial charge in [0.25, 0.3) is 0 Å². The van der Waals surface area contributed by atoms with Gasteiger partial charge in [-0.1, -0.05) is 58.0 Å². The monoisotopic (exact) mass is 296 g/mol. The van der Waals surface area contributed by atoms with Gasteiger partial charge in [0, 0.05) is 7.11 Å². The number of hydrogen-bond donors (Lipinski definition) is 2. The van der Waals surface area contributed by atoms with Crippen LogP contribution in [0.4, 0.5) is 0 Å². The van der Waals surface area contributed by atoms with Gasteiger partial charge in [-0.2, -0.15) is 0 Å². The number of aromatic hydroxyl groups is 1. The van der Waals surface area contributed by atoms with Crippen molar-refractivity contribution in [1.82, 2.24) is 0 Å². The first-order valence-corrected chi connectivity index (χ1v) is 5.01. The number of hydrogen-bond acceptors (Lipinski definition) is 2. The molecule has 0 bridgehead atoms. The molecule has 0 spiro atoms. The normalized spacial score (nSPS) is 9.36. The van der Waals surface area contributed by atoms with Crippen molar-refractivity contribution >= 4 is 58.0 Å². The molecule has 2 N–H and O–H groups in total. The lowest BCUT2D eigenvalue weighted by atomic mass is 10.3. The number of benzene rings is 1. The van der Waals surface area contributed by atoms with Crippen LogP contribution < -0.4 is 0 Å². The van der Waals surface area contributed by atoms with Crippen molar-refractivity contribution in [2.45, 2.75) is 0 Å². The average molecular weight is 298 g/mol. The molecule has 0 heterocycles. The van der Waals surface area contributed by atoms with E-state index in [1.807, 2.05) is 0 Å². The Morgan fingerprint density at radius 3 is 1.14 bits per heavy atom. The van der Waals surface area contributed by atoms with Gasteiger partial charge in [-0.15, -0.1) is 0 Å². The van der Waals surface area contributed by atoms with Crippen molar-refractivity contribution in [3.8, 4) is 5.75 Å². The lowest BCUT2D eigenvalue weighted by molar-refractivity contribution is 0.399. The number of phenolic OH excluding ortho intramolecular Hbond substituents is 1. The molecule has 0 aliphatic heterocycles. The van der Waals surface area contributed by atoms with E-state index in [1.165, 1.54) is 0 Å². The second kappa shape index (κ2) is 6.11. The van der Waals surface area contributed by atoms with Crippen molar-refractivity contribution in [2.24, 2.45) is 0 Å². The van der Waals surface area contributed by atoms with Crippen LogP contribution in [0.2, 0.25) is 25.1 Å². The fourth-order valence-corrected chi connectivity index (χ4v) is 1.72. The van der Waals surface area contributed by atoms with Gasteiger partial charge < -0.3 is 10.2 Å². The highest BCUT2D eigenvalue weighted by Crippen LogP contribution is 2.47. The molecule has 0 saturated heterocycles. The van der Waals surface area contributed by atoms with Crippen molar-refractivity contribution in [3.63, 3.8) is 0 Å². The van der Waals surface area contributed by atoms with E-state index in [0.29, 0.717) is 0 Å². The van der Waals surface area contributed by atoms with E-state index in [9.17, 15) is 5.11 Å². The zero-order valence-electron chi connectivity index (χ0n) is 6.78. The third-order valence-electron chi connectivity index (χ3n) is 1.19. The van der Waals surface area contributed by atoms with E-state index in [2.05, 4.69) is 0 Å². The lowest BCUT2D eigenvalue weighted by Gasteiger charge is -2.06. The summed E-state index contributed by atoms with van der Waals surface area (Å²) in [4.78, 5) is 0. The third kappa shape index (κ3) is 2.72. The number of aliphatic hydroxyl groups is 1. The molecule has 0 aromatic heterocycles. The molecule has 1 rings (SSSR count). The summed E-state index contributed by atoms with van der Waals surface area (Å²) in [5, 5.41) is 16.0. The Hall–Kier alpha value is 0.430. The molecule has 0 atom stereocenters. The Balaban J connectivity index is 0.000000791. The largest absolute Gasteiger partial charge is 0.505 e. The standard InChI is InChI=1S/C6HCl5O.CH4O/c7-1-2(8)4(10)6(12)5(11)3(1)9;1-2/h12H;2H,1H3. The predicted octanol–water partition coefficient (Wildman–Crippen LogP) is 4.27. The topological polar surface area (TPSA) is 40.5 Å². The minimum atomic E-state index is -0.363. The van der Waals surface area contributed by atoms with Gasteiger partial charge in [-0.05, 0) is 0 Å². The molecule has 0 aliphatic rings. The molecule has 0 amide bonds. The van der Waals surface area contributed by atoms with E-state index in [0.717, 1.165) is 7.11 Å². The maximum absolute atomic E-state index is 9.20. The first-order chi connectivity index (χ1) is 6.46. The van der Waals surface area contributed by atoms with Crippen LogP contribution in [-0.2, 0) is 0 Å². The summed E-state index contributed by atoms with van der Waals surface area (Å²) in [5.74, 6) is -0.363. The smallest absolute Gasteiger partial charge is 0.155 e. The van der Waals surface area contributed by atoms with Gasteiger partial charge in [-0.3, -0.25) is 0 Å². The molecule has 80 valence electrons. The predicted molar refractivity (Wildman–Crippen MR) is 61.3 cm³/mol. The Labute approximate surface area is 106 Å². The molecule has 0 fully saturated rings. The van der Waals surface area contributed by atoms with Crippen molar-refractivity contribution in [3.05, 3.63) is 25.1 Å². The molecule has 2 nitrogen and oxygen atoms in total. The molecule has 0 aliphatic carbocycles. The Kier molecular flexibility index (Phi) is 6.30. The van der Waals surface area contributed by atoms with Gasteiger partial charge in [0.1, 0.15) is 10.0 Å². The van der Waals surface area contributed by atoms with Gasteiger partial charge in [-0.25, -0.2) is 0 Å². The molecule has 14 heavy (non-hydrogen) atoms. The summed E-state index contributed by atoms with van der Waals surface area (Å²) in [7, 11) is 1.00. The molecule has 1 aromatic rings. The quantitative estimate of drug-likeness (QED) is 0.555. The third-order valence-corrected chi connectivity index (χ3v) is 3.44. The van der Waals surface area contributed by atoms with Gasteiger partial charge in [0.05, 0.1) is 15.1 Å². The van der Waals surface area contributed by atoms with E-state index in [-0.39, 0.29) is 30.9 Å². The second-order valence-corrected chi connectivity index (χ2v) is 3.81. The Morgan fingerprint density at radius 1 is 0.643 bits per heavy atom. The van der Waals surface area contributed by atoms with Crippen LogP contribution in [0.3, 0.4) is 0 Å². The highest BCUT2D eigenvalue weighted by Gasteiger charge is 2.17. The van der Waals surface area contributed by atoms with Crippen molar-refractivity contribution in [2.75, 3.05) is 7.11 Å². The van der Waals surface area contributed by atoms with E-state index >= 15 is 0 Å². The van der Waals surface area contributed by atoms with Crippen molar-refractivity contribution in [1.29, 1.82) is 0 Å². The number of aliphatic hydroxyl groups excluding tert-OH is 1. The molecular formula is C7H5Cl5O2. The van der Waals surface area contributed by atoms with Crippen LogP contribution in [-0.4, -0.2) is 17.3 Å². The van der Waals surface area contributed by atoms with Gasteiger partial charge in [0.15, 0.2) is 5.75 Å². The zero-order chi connectivity index (χ0) is 11.5. The highest BCUT2D eigenvalue weighted by atomic mass is 35.5. The molecule has 7 heteroatoms. The maximum atomic E-state index is 9.20. The van der Waals surface area contributed by atoms with E-state index < -0.39 is 0 Å². The zero-order valence-corrected chi connectivity index (χ0v) is 10.6. The van der Waals surface area contributed by atoms with E-state index in [1.54, 1.807) is 0 Å². The second-order valence-electron chi connectivity index (χ2n) is 1.92. The molecule has 0 saturated carbocycles. The summed E-state index contributed by atoms with van der Waals surface area (Å²) < 4.78 is 0. The fourth-order valence-electron chi connectivity index (χ4n) is 0.593. The first-order valence-electron chi connectivity index (χ1n) is 3.12. The minimum Gasteiger partial charge on any atom is -0.505 e. The minimum absolute atomic E-state index is 0.00904. The highest BCUT2D eigenvalue weighted by molar-refractivity contribution is 6.55. The summed E-state index contributed by atoms with van der Waals surface area (Å²) in [5.41, 5.74) is 0. The maximum Gasteiger partial charge on any atom is 0.155 e. The molecule has 1 aromatic carbocycles. The van der Waals surface area contributed by atoms with Gasteiger partial charge in [0.2, 0.25) is 0 Å². The fraction of sp³-hybridized carbons (Fsp3) is 0.143. The number of rotatable bonds is 0. The van der Waals surface area contributed by atoms with Crippen LogP contribution in [0.15, 0.2) is 0 Å². The molecule has 0 unspecified atom stereocenters. The van der Waals surface area contributed by atoms with Crippen molar-refractivity contribution < 1.29 is 10.2 Å². The van der Waals surface area contributed by atoms with Gasteiger partial charge >= 0.3 is 0 Å². The van der Waals surface area contributed by atoms with Crippen LogP contribution in [0.5, 0.6) is 5.75 Å². The Bertz CT molecular complexity index is 234. The summed E-state index contributed by atoms with van der Waals surface area (Å²) in [6, 6.07) is 0. The van der Waals surface area contributed by atoms with E-state index in [4.69, 9.17) is 63.1 Å². The number of phenols is 1. The van der Waals surface area contributed by atoms with Crippen LogP contribution in [0.25, 0.3) is 0 Å². The summed E-state index contributed by atoms with van der Waals surface area (Å²) >= 11 is 27.9. The SMILES string of the molecule is CO.Oc1c(Cl)c(Cl)c(Cl)c(Cl)c1Cl. The van der Waals surface area contributed by atoms with Crippen LogP contribution in [0.1, 0.15) is 0 Å². The van der Waals surface area contributed by atoms with Crippen LogP contribution >= 0.6 is 58.0 Å². The summed E-state index contributed by atoms with van der Waals surface area (Å²) in [6.45, 7) is 0. The number of halogens is 5. The lowest BCUT2D eigenvalue weighted by Crippen LogP contribution is -1.78. The molecular weight excluding hydrogens is 293 g/mol. The first kappa shape index (κ1) is 14.4. The Morgan fingerprint density at radius 2 is 0.857 bits per heavy atom. The van der Waals surface area contributed by atoms with Crippen LogP contribution in [0, 0.1) is 0 Å².